The van der Waals surface area contributed by atoms with E-state index in [9.17, 15) is 25.1 Å². The lowest BCUT2D eigenvalue weighted by Crippen LogP contribution is -2.18. The largest absolute Gasteiger partial charge is 0.502 e. The first-order valence-corrected chi connectivity index (χ1v) is 7.49. The Labute approximate surface area is 143 Å². The summed E-state index contributed by atoms with van der Waals surface area (Å²) in [6.45, 7) is 0. The summed E-state index contributed by atoms with van der Waals surface area (Å²) in [5.41, 5.74) is 2.93. The minimum atomic E-state index is -0.740. The Kier molecular flexibility index (Phi) is 6.19. The highest BCUT2D eigenvalue weighted by Crippen LogP contribution is 2.25. The lowest BCUT2D eigenvalue weighted by atomic mass is 10.1. The molecule has 1 amide bonds. The fourth-order valence-electron chi connectivity index (χ4n) is 2.11. The number of phenols is 1. The van der Waals surface area contributed by atoms with Crippen molar-refractivity contribution in [2.75, 3.05) is 0 Å². The molecule has 0 aliphatic rings. The number of nitro benzene ring substituents is 1. The third-order valence-corrected chi connectivity index (χ3v) is 3.43. The second kappa shape index (κ2) is 8.55. The molecule has 0 aliphatic heterocycles. The van der Waals surface area contributed by atoms with E-state index in [0.717, 1.165) is 11.6 Å². The van der Waals surface area contributed by atoms with Crippen LogP contribution < -0.4 is 5.43 Å². The Morgan fingerprint density at radius 2 is 2.00 bits per heavy atom. The van der Waals surface area contributed by atoms with Gasteiger partial charge >= 0.3 is 5.69 Å². The second-order valence-corrected chi connectivity index (χ2v) is 5.26. The van der Waals surface area contributed by atoms with Crippen LogP contribution in [0, 0.1) is 10.1 Å². The number of rotatable bonds is 7. The quantitative estimate of drug-likeness (QED) is 0.404. The van der Waals surface area contributed by atoms with Gasteiger partial charge in [-0.15, -0.1) is 0 Å². The third-order valence-electron chi connectivity index (χ3n) is 3.43. The fourth-order valence-corrected chi connectivity index (χ4v) is 2.11. The first kappa shape index (κ1) is 18.1. The summed E-state index contributed by atoms with van der Waals surface area (Å²) in [6.07, 6.45) is 0.813. The number of aromatic hydroxyl groups is 1. The number of carbonyl (C=O) groups is 1. The summed E-state index contributed by atoms with van der Waals surface area (Å²) in [4.78, 5) is 21.7. The monoisotopic (exact) mass is 343 g/mol. The lowest BCUT2D eigenvalue weighted by molar-refractivity contribution is -0.385. The van der Waals surface area contributed by atoms with E-state index in [1.165, 1.54) is 18.3 Å². The van der Waals surface area contributed by atoms with Crippen molar-refractivity contribution >= 4 is 17.8 Å². The third kappa shape index (κ3) is 5.40. The smallest absolute Gasteiger partial charge is 0.311 e. The standard InChI is InChI=1S/C17H17N3O5/c21-15(13-4-2-1-3-5-13)8-9-17(23)19-18-11-12-6-7-16(22)14(10-12)20(24)25/h1-7,10-11,15,21-22H,8-9H2,(H,19,23)/b18-11-/t15-/m1/s1. The van der Waals surface area contributed by atoms with Crippen molar-refractivity contribution in [3.05, 3.63) is 69.8 Å². The molecular weight excluding hydrogens is 326 g/mol. The number of hydrazone groups is 1. The number of nitrogens with zero attached hydrogens (tertiary/aromatic N) is 2. The Bertz CT molecular complexity index is 777. The first-order valence-electron chi connectivity index (χ1n) is 7.49. The molecule has 25 heavy (non-hydrogen) atoms. The van der Waals surface area contributed by atoms with Gasteiger partial charge in [-0.3, -0.25) is 14.9 Å². The summed E-state index contributed by atoms with van der Waals surface area (Å²) in [5, 5.41) is 33.8. The second-order valence-electron chi connectivity index (χ2n) is 5.26. The highest BCUT2D eigenvalue weighted by atomic mass is 16.6. The molecule has 8 nitrogen and oxygen atoms in total. The van der Waals surface area contributed by atoms with Gasteiger partial charge < -0.3 is 10.2 Å². The number of nitrogens with one attached hydrogen (secondary N) is 1. The number of phenolic OH excluding ortho intramolecular Hbond substituents is 1. The van der Waals surface area contributed by atoms with Gasteiger partial charge in [0.2, 0.25) is 5.91 Å². The molecule has 2 aromatic rings. The predicted octanol–water partition coefficient (Wildman–Crippen LogP) is 2.26. The number of aliphatic hydroxyl groups excluding tert-OH is 1. The molecule has 0 spiro atoms. The number of benzene rings is 2. The van der Waals surface area contributed by atoms with E-state index < -0.39 is 22.5 Å². The summed E-state index contributed by atoms with van der Waals surface area (Å²) in [6, 6.07) is 12.8. The number of aliphatic hydroxyl groups is 1. The zero-order chi connectivity index (χ0) is 18.2. The van der Waals surface area contributed by atoms with E-state index in [-0.39, 0.29) is 18.7 Å². The van der Waals surface area contributed by atoms with Gasteiger partial charge in [-0.2, -0.15) is 5.10 Å². The van der Waals surface area contributed by atoms with Crippen molar-refractivity contribution in [3.8, 4) is 5.75 Å². The normalized spacial score (nSPS) is 12.0. The van der Waals surface area contributed by atoms with Crippen LogP contribution >= 0.6 is 0 Å². The van der Waals surface area contributed by atoms with Gasteiger partial charge in [-0.25, -0.2) is 5.43 Å². The highest BCUT2D eigenvalue weighted by Gasteiger charge is 2.13. The predicted molar refractivity (Wildman–Crippen MR) is 91.1 cm³/mol. The van der Waals surface area contributed by atoms with Crippen LogP contribution in [0.1, 0.15) is 30.1 Å². The molecule has 0 aromatic heterocycles. The zero-order valence-corrected chi connectivity index (χ0v) is 13.2. The van der Waals surface area contributed by atoms with E-state index >= 15 is 0 Å². The number of carbonyl (C=O) groups excluding carboxylic acids is 1. The molecule has 0 unspecified atom stereocenters. The topological polar surface area (TPSA) is 125 Å². The minimum Gasteiger partial charge on any atom is -0.502 e. The molecule has 0 aliphatic carbocycles. The summed E-state index contributed by atoms with van der Waals surface area (Å²) < 4.78 is 0. The van der Waals surface area contributed by atoms with Gasteiger partial charge in [0, 0.05) is 18.1 Å². The van der Waals surface area contributed by atoms with Gasteiger partial charge in [0.1, 0.15) is 0 Å². The summed E-state index contributed by atoms with van der Waals surface area (Å²) in [5.74, 6) is -0.833. The van der Waals surface area contributed by atoms with Crippen LogP contribution in [-0.2, 0) is 4.79 Å². The van der Waals surface area contributed by atoms with Crippen LogP contribution in [0.25, 0.3) is 0 Å². The molecule has 3 N–H and O–H groups in total. The van der Waals surface area contributed by atoms with Crippen molar-refractivity contribution < 1.29 is 19.9 Å². The van der Waals surface area contributed by atoms with E-state index in [4.69, 9.17) is 0 Å². The Hall–Kier alpha value is -3.26. The molecule has 0 saturated heterocycles. The Balaban J connectivity index is 1.84. The minimum absolute atomic E-state index is 0.0725. The molecule has 2 rings (SSSR count). The number of hydrogen-bond acceptors (Lipinski definition) is 6. The molecule has 1 atom stereocenters. The highest BCUT2D eigenvalue weighted by molar-refractivity contribution is 5.83. The number of hydrogen-bond donors (Lipinski definition) is 3. The maximum Gasteiger partial charge on any atom is 0.311 e. The summed E-state index contributed by atoms with van der Waals surface area (Å²) >= 11 is 0. The first-order chi connectivity index (χ1) is 12.0. The van der Waals surface area contributed by atoms with Crippen LogP contribution in [0.15, 0.2) is 53.6 Å². The number of amides is 1. The van der Waals surface area contributed by atoms with Crippen LogP contribution in [0.5, 0.6) is 5.75 Å². The van der Waals surface area contributed by atoms with Gasteiger partial charge in [0.15, 0.2) is 5.75 Å². The molecule has 8 heteroatoms. The van der Waals surface area contributed by atoms with Crippen LogP contribution in [0.2, 0.25) is 0 Å². The molecule has 0 saturated carbocycles. The lowest BCUT2D eigenvalue weighted by Gasteiger charge is -2.09. The number of nitro groups is 1. The summed E-state index contributed by atoms with van der Waals surface area (Å²) in [7, 11) is 0. The molecule has 0 radical (unpaired) electrons. The van der Waals surface area contributed by atoms with Crippen LogP contribution in [0.4, 0.5) is 5.69 Å². The molecular formula is C17H17N3O5. The maximum atomic E-state index is 11.7. The molecule has 2 aromatic carbocycles. The van der Waals surface area contributed by atoms with Crippen LogP contribution in [0.3, 0.4) is 0 Å². The van der Waals surface area contributed by atoms with E-state index in [2.05, 4.69) is 10.5 Å². The van der Waals surface area contributed by atoms with Crippen molar-refractivity contribution in [3.63, 3.8) is 0 Å². The van der Waals surface area contributed by atoms with E-state index in [1.54, 1.807) is 24.3 Å². The SMILES string of the molecule is O=C(CC[C@@H](O)c1ccccc1)N/N=C\c1ccc(O)c([N+](=O)[O-])c1. The van der Waals surface area contributed by atoms with Gasteiger partial charge in [-0.1, -0.05) is 30.3 Å². The van der Waals surface area contributed by atoms with Gasteiger partial charge in [-0.05, 0) is 24.1 Å². The van der Waals surface area contributed by atoms with Crippen molar-refractivity contribution in [2.24, 2.45) is 5.10 Å². The fraction of sp³-hybridized carbons (Fsp3) is 0.176. The van der Waals surface area contributed by atoms with E-state index in [1.807, 2.05) is 6.07 Å². The average molecular weight is 343 g/mol. The molecule has 130 valence electrons. The van der Waals surface area contributed by atoms with Crippen molar-refractivity contribution in [2.45, 2.75) is 18.9 Å². The van der Waals surface area contributed by atoms with Gasteiger partial charge in [0.05, 0.1) is 17.2 Å². The Morgan fingerprint density at radius 1 is 1.28 bits per heavy atom. The van der Waals surface area contributed by atoms with Gasteiger partial charge in [0.25, 0.3) is 0 Å². The molecule has 0 heterocycles. The van der Waals surface area contributed by atoms with Crippen LogP contribution in [-0.4, -0.2) is 27.3 Å². The van der Waals surface area contributed by atoms with E-state index in [0.29, 0.717) is 5.56 Å². The average Bonchev–Trinajstić information content (AvgIpc) is 2.61. The molecule has 0 bridgehead atoms. The Morgan fingerprint density at radius 3 is 2.68 bits per heavy atom. The van der Waals surface area contributed by atoms with Crippen molar-refractivity contribution in [1.29, 1.82) is 0 Å². The maximum absolute atomic E-state index is 11.7. The van der Waals surface area contributed by atoms with Crippen molar-refractivity contribution in [1.82, 2.24) is 5.43 Å². The molecule has 0 fully saturated rings. The zero-order valence-electron chi connectivity index (χ0n) is 13.2.